The standard InChI is InChI=1S/C16H15F3N6/c1-25-15(5-6-23-25)24-14-8-13(21-10-22-14)20-9-11-3-2-4-12(7-11)16(17,18)19/h2-8,10H,9H2,1H3,(H2,20,21,22,24). The first kappa shape index (κ1) is 16.7. The molecule has 0 aliphatic heterocycles. The molecule has 0 aliphatic rings. The van der Waals surface area contributed by atoms with Gasteiger partial charge in [0, 0.05) is 25.7 Å². The van der Waals surface area contributed by atoms with E-state index in [1.165, 1.54) is 12.4 Å². The Bertz CT molecular complexity index is 859. The van der Waals surface area contributed by atoms with Crippen molar-refractivity contribution in [3.8, 4) is 0 Å². The average Bonchev–Trinajstić information content (AvgIpc) is 2.98. The van der Waals surface area contributed by atoms with Crippen LogP contribution in [0.2, 0.25) is 0 Å². The Labute approximate surface area is 141 Å². The number of nitrogens with one attached hydrogen (secondary N) is 2. The Morgan fingerprint density at radius 2 is 1.88 bits per heavy atom. The highest BCUT2D eigenvalue weighted by Crippen LogP contribution is 2.29. The molecule has 2 heterocycles. The molecule has 0 spiro atoms. The van der Waals surface area contributed by atoms with Crippen LogP contribution in [0, 0.1) is 0 Å². The lowest BCUT2D eigenvalue weighted by Gasteiger charge is -2.11. The van der Waals surface area contributed by atoms with Crippen molar-refractivity contribution in [1.82, 2.24) is 19.7 Å². The van der Waals surface area contributed by atoms with E-state index in [0.29, 0.717) is 17.2 Å². The summed E-state index contributed by atoms with van der Waals surface area (Å²) in [5, 5.41) is 10.1. The minimum absolute atomic E-state index is 0.214. The SMILES string of the molecule is Cn1nccc1Nc1cc(NCc2cccc(C(F)(F)F)c2)ncn1. The first-order valence-corrected chi connectivity index (χ1v) is 7.39. The van der Waals surface area contributed by atoms with Crippen molar-refractivity contribution in [1.29, 1.82) is 0 Å². The molecule has 2 aromatic heterocycles. The van der Waals surface area contributed by atoms with Gasteiger partial charge in [-0.15, -0.1) is 0 Å². The van der Waals surface area contributed by atoms with E-state index < -0.39 is 11.7 Å². The predicted molar refractivity (Wildman–Crippen MR) is 87.3 cm³/mol. The molecule has 25 heavy (non-hydrogen) atoms. The molecule has 0 saturated heterocycles. The van der Waals surface area contributed by atoms with E-state index in [2.05, 4.69) is 25.7 Å². The van der Waals surface area contributed by atoms with Crippen molar-refractivity contribution < 1.29 is 13.2 Å². The van der Waals surface area contributed by atoms with Crippen LogP contribution in [-0.4, -0.2) is 19.7 Å². The van der Waals surface area contributed by atoms with Crippen LogP contribution in [0.5, 0.6) is 0 Å². The van der Waals surface area contributed by atoms with Crippen LogP contribution in [-0.2, 0) is 19.8 Å². The van der Waals surface area contributed by atoms with Gasteiger partial charge in [-0.05, 0) is 17.7 Å². The van der Waals surface area contributed by atoms with Crippen molar-refractivity contribution in [3.05, 3.63) is 60.0 Å². The second-order valence-electron chi connectivity index (χ2n) is 5.31. The van der Waals surface area contributed by atoms with Gasteiger partial charge in [-0.25, -0.2) is 9.97 Å². The van der Waals surface area contributed by atoms with Gasteiger partial charge in [0.25, 0.3) is 0 Å². The summed E-state index contributed by atoms with van der Waals surface area (Å²) in [4.78, 5) is 8.18. The fourth-order valence-corrected chi connectivity index (χ4v) is 2.20. The molecule has 0 saturated carbocycles. The molecule has 1 aromatic carbocycles. The molecule has 3 aromatic rings. The molecule has 0 radical (unpaired) electrons. The minimum Gasteiger partial charge on any atom is -0.366 e. The van der Waals surface area contributed by atoms with E-state index in [0.717, 1.165) is 18.0 Å². The molecule has 0 atom stereocenters. The van der Waals surface area contributed by atoms with Gasteiger partial charge >= 0.3 is 6.18 Å². The van der Waals surface area contributed by atoms with Gasteiger partial charge in [0.05, 0.1) is 11.8 Å². The lowest BCUT2D eigenvalue weighted by Crippen LogP contribution is -2.07. The lowest BCUT2D eigenvalue weighted by atomic mass is 10.1. The second kappa shape index (κ2) is 6.80. The second-order valence-corrected chi connectivity index (χ2v) is 5.31. The maximum atomic E-state index is 12.7. The highest BCUT2D eigenvalue weighted by Gasteiger charge is 2.30. The number of benzene rings is 1. The first-order valence-electron chi connectivity index (χ1n) is 7.39. The molecule has 2 N–H and O–H groups in total. The van der Waals surface area contributed by atoms with Crippen LogP contribution >= 0.6 is 0 Å². The minimum atomic E-state index is -4.36. The van der Waals surface area contributed by atoms with Crippen LogP contribution < -0.4 is 10.6 Å². The fourth-order valence-electron chi connectivity index (χ4n) is 2.20. The van der Waals surface area contributed by atoms with Gasteiger partial charge in [0.15, 0.2) is 0 Å². The smallest absolute Gasteiger partial charge is 0.366 e. The number of halogens is 3. The van der Waals surface area contributed by atoms with Crippen LogP contribution in [0.3, 0.4) is 0 Å². The summed E-state index contributed by atoms with van der Waals surface area (Å²) < 4.78 is 39.9. The van der Waals surface area contributed by atoms with Crippen molar-refractivity contribution in [2.75, 3.05) is 10.6 Å². The van der Waals surface area contributed by atoms with E-state index in [-0.39, 0.29) is 6.54 Å². The van der Waals surface area contributed by atoms with Gasteiger partial charge in [-0.1, -0.05) is 12.1 Å². The van der Waals surface area contributed by atoms with Crippen molar-refractivity contribution in [2.45, 2.75) is 12.7 Å². The molecule has 0 amide bonds. The molecule has 6 nitrogen and oxygen atoms in total. The fraction of sp³-hybridized carbons (Fsp3) is 0.188. The van der Waals surface area contributed by atoms with Gasteiger partial charge in [0.2, 0.25) is 0 Å². The molecule has 0 fully saturated rings. The Morgan fingerprint density at radius 1 is 1.08 bits per heavy atom. The summed E-state index contributed by atoms with van der Waals surface area (Å²) in [5.74, 6) is 1.80. The Hall–Kier alpha value is -3.10. The van der Waals surface area contributed by atoms with E-state index in [4.69, 9.17) is 0 Å². The largest absolute Gasteiger partial charge is 0.416 e. The molecule has 0 unspecified atom stereocenters. The zero-order valence-electron chi connectivity index (χ0n) is 13.2. The highest BCUT2D eigenvalue weighted by atomic mass is 19.4. The summed E-state index contributed by atoms with van der Waals surface area (Å²) in [6, 6.07) is 8.62. The molecule has 0 aliphatic carbocycles. The van der Waals surface area contributed by atoms with Crippen molar-refractivity contribution in [2.24, 2.45) is 7.05 Å². The summed E-state index contributed by atoms with van der Waals surface area (Å²) in [6.07, 6.45) is -1.34. The maximum Gasteiger partial charge on any atom is 0.416 e. The van der Waals surface area contributed by atoms with E-state index in [1.807, 2.05) is 0 Å². The maximum absolute atomic E-state index is 12.7. The normalized spacial score (nSPS) is 11.4. The third kappa shape index (κ3) is 4.25. The quantitative estimate of drug-likeness (QED) is 0.738. The Balaban J connectivity index is 1.68. The zero-order valence-corrected chi connectivity index (χ0v) is 13.2. The van der Waals surface area contributed by atoms with E-state index in [1.54, 1.807) is 36.1 Å². The highest BCUT2D eigenvalue weighted by molar-refractivity contribution is 5.55. The molecular weight excluding hydrogens is 333 g/mol. The van der Waals surface area contributed by atoms with Gasteiger partial charge in [-0.2, -0.15) is 18.3 Å². The third-order valence-electron chi connectivity index (χ3n) is 3.47. The Kier molecular flexibility index (Phi) is 4.55. The van der Waals surface area contributed by atoms with Crippen LogP contribution in [0.25, 0.3) is 0 Å². The number of alkyl halides is 3. The number of aryl methyl sites for hydroxylation is 1. The van der Waals surface area contributed by atoms with Crippen molar-refractivity contribution in [3.63, 3.8) is 0 Å². The van der Waals surface area contributed by atoms with Crippen molar-refractivity contribution >= 4 is 17.5 Å². The number of rotatable bonds is 5. The lowest BCUT2D eigenvalue weighted by molar-refractivity contribution is -0.137. The molecular formula is C16H15F3N6. The van der Waals surface area contributed by atoms with Gasteiger partial charge < -0.3 is 10.6 Å². The summed E-state index contributed by atoms with van der Waals surface area (Å²) >= 11 is 0. The van der Waals surface area contributed by atoms with E-state index in [9.17, 15) is 13.2 Å². The average molecular weight is 348 g/mol. The number of anilines is 3. The first-order chi connectivity index (χ1) is 11.9. The summed E-state index contributed by atoms with van der Waals surface area (Å²) in [5.41, 5.74) is -0.164. The summed E-state index contributed by atoms with van der Waals surface area (Å²) in [6.45, 7) is 0.214. The van der Waals surface area contributed by atoms with Crippen LogP contribution in [0.4, 0.5) is 30.6 Å². The molecule has 9 heteroatoms. The number of nitrogens with zero attached hydrogens (tertiary/aromatic N) is 4. The van der Waals surface area contributed by atoms with Gasteiger partial charge in [-0.3, -0.25) is 4.68 Å². The topological polar surface area (TPSA) is 67.7 Å². The van der Waals surface area contributed by atoms with Crippen LogP contribution in [0.15, 0.2) is 48.9 Å². The van der Waals surface area contributed by atoms with Gasteiger partial charge in [0.1, 0.15) is 23.8 Å². The Morgan fingerprint density at radius 3 is 2.60 bits per heavy atom. The molecule has 0 bridgehead atoms. The number of hydrogen-bond acceptors (Lipinski definition) is 5. The molecule has 3 rings (SSSR count). The monoisotopic (exact) mass is 348 g/mol. The predicted octanol–water partition coefficient (Wildman–Crippen LogP) is 3.58. The van der Waals surface area contributed by atoms with E-state index >= 15 is 0 Å². The summed E-state index contributed by atoms with van der Waals surface area (Å²) in [7, 11) is 1.79. The third-order valence-corrected chi connectivity index (χ3v) is 3.47. The molecule has 130 valence electrons. The number of hydrogen-bond donors (Lipinski definition) is 2. The van der Waals surface area contributed by atoms with Crippen LogP contribution in [0.1, 0.15) is 11.1 Å². The zero-order chi connectivity index (χ0) is 17.9. The number of aromatic nitrogens is 4.